The van der Waals surface area contributed by atoms with E-state index in [0.29, 0.717) is 22.4 Å². The number of ether oxygens (including phenoxy) is 1. The van der Waals surface area contributed by atoms with Crippen LogP contribution in [-0.2, 0) is 9.53 Å². The Morgan fingerprint density at radius 1 is 1.37 bits per heavy atom. The molecule has 0 bridgehead atoms. The van der Waals surface area contributed by atoms with Crippen molar-refractivity contribution in [2.75, 3.05) is 20.3 Å². The Morgan fingerprint density at radius 2 is 2.11 bits per heavy atom. The number of carbonyl (C=O) groups is 1. The van der Waals surface area contributed by atoms with Crippen LogP contribution >= 0.6 is 24.0 Å². The fourth-order valence-corrected chi connectivity index (χ4v) is 3.07. The zero-order valence-corrected chi connectivity index (χ0v) is 12.3. The standard InChI is InChI=1S/C14H15NO2S2/c1-17-9-5-8-15-13(16)12(19-14(15)18)10-11-6-3-2-4-7-11/h2-4,6-7,10H,5,8-9H2,1H3/b12-10-. The van der Waals surface area contributed by atoms with Crippen molar-refractivity contribution in [2.24, 2.45) is 0 Å². The molecule has 0 spiro atoms. The summed E-state index contributed by atoms with van der Waals surface area (Å²) in [6.45, 7) is 1.25. The van der Waals surface area contributed by atoms with Gasteiger partial charge in [0.2, 0.25) is 0 Å². The number of benzene rings is 1. The van der Waals surface area contributed by atoms with Crippen LogP contribution < -0.4 is 0 Å². The Labute approximate surface area is 122 Å². The van der Waals surface area contributed by atoms with Gasteiger partial charge in [-0.25, -0.2) is 0 Å². The quantitative estimate of drug-likeness (QED) is 0.474. The third-order valence-corrected chi connectivity index (χ3v) is 4.08. The molecule has 0 saturated carbocycles. The second-order valence-electron chi connectivity index (χ2n) is 4.09. The van der Waals surface area contributed by atoms with E-state index in [4.69, 9.17) is 17.0 Å². The second kappa shape index (κ2) is 6.84. The molecule has 3 nitrogen and oxygen atoms in total. The Hall–Kier alpha value is -1.17. The lowest BCUT2D eigenvalue weighted by atomic mass is 10.2. The summed E-state index contributed by atoms with van der Waals surface area (Å²) in [6.07, 6.45) is 2.68. The average Bonchev–Trinajstić information content (AvgIpc) is 2.68. The first-order chi connectivity index (χ1) is 9.22. The summed E-state index contributed by atoms with van der Waals surface area (Å²) in [6, 6.07) is 9.79. The van der Waals surface area contributed by atoms with Crippen molar-refractivity contribution in [2.45, 2.75) is 6.42 Å². The van der Waals surface area contributed by atoms with Crippen molar-refractivity contribution in [3.05, 3.63) is 40.8 Å². The zero-order chi connectivity index (χ0) is 13.7. The van der Waals surface area contributed by atoms with Gasteiger partial charge in [-0.1, -0.05) is 54.3 Å². The predicted molar refractivity (Wildman–Crippen MR) is 82.8 cm³/mol. The highest BCUT2D eigenvalue weighted by Gasteiger charge is 2.31. The molecule has 1 aromatic carbocycles. The van der Waals surface area contributed by atoms with E-state index in [1.165, 1.54) is 11.8 Å². The summed E-state index contributed by atoms with van der Waals surface area (Å²) in [5.41, 5.74) is 1.01. The first-order valence-electron chi connectivity index (χ1n) is 6.01. The molecule has 0 unspecified atom stereocenters. The van der Waals surface area contributed by atoms with Gasteiger partial charge >= 0.3 is 0 Å². The SMILES string of the molecule is COCCCN1C(=O)/C(=C/c2ccccc2)SC1=S. The molecule has 100 valence electrons. The van der Waals surface area contributed by atoms with Crippen LogP contribution in [-0.4, -0.2) is 35.4 Å². The van der Waals surface area contributed by atoms with Crippen LogP contribution in [0.25, 0.3) is 6.08 Å². The first-order valence-corrected chi connectivity index (χ1v) is 7.24. The monoisotopic (exact) mass is 293 g/mol. The van der Waals surface area contributed by atoms with Crippen molar-refractivity contribution in [3.8, 4) is 0 Å². The van der Waals surface area contributed by atoms with Gasteiger partial charge in [0.1, 0.15) is 4.32 Å². The molecule has 19 heavy (non-hydrogen) atoms. The van der Waals surface area contributed by atoms with E-state index in [9.17, 15) is 4.79 Å². The molecule has 1 heterocycles. The van der Waals surface area contributed by atoms with Crippen LogP contribution in [0.4, 0.5) is 0 Å². The molecule has 1 aliphatic rings. The van der Waals surface area contributed by atoms with E-state index in [2.05, 4.69) is 0 Å². The van der Waals surface area contributed by atoms with E-state index in [1.54, 1.807) is 12.0 Å². The molecule has 0 aromatic heterocycles. The highest BCUT2D eigenvalue weighted by atomic mass is 32.2. The molecule has 1 aliphatic heterocycles. The van der Waals surface area contributed by atoms with Crippen molar-refractivity contribution in [1.29, 1.82) is 0 Å². The third-order valence-electron chi connectivity index (χ3n) is 2.70. The lowest BCUT2D eigenvalue weighted by molar-refractivity contribution is -0.122. The van der Waals surface area contributed by atoms with Crippen molar-refractivity contribution < 1.29 is 9.53 Å². The van der Waals surface area contributed by atoms with Gasteiger partial charge in [-0.15, -0.1) is 0 Å². The molecule has 1 fully saturated rings. The fourth-order valence-electron chi connectivity index (χ4n) is 1.76. The molecular formula is C14H15NO2S2. The summed E-state index contributed by atoms with van der Waals surface area (Å²) in [7, 11) is 1.65. The number of methoxy groups -OCH3 is 1. The van der Waals surface area contributed by atoms with Gasteiger partial charge in [0.25, 0.3) is 5.91 Å². The van der Waals surface area contributed by atoms with E-state index in [0.717, 1.165) is 12.0 Å². The fraction of sp³-hybridized carbons (Fsp3) is 0.286. The Morgan fingerprint density at radius 3 is 2.79 bits per heavy atom. The maximum atomic E-state index is 12.2. The van der Waals surface area contributed by atoms with Gasteiger partial charge in [0.05, 0.1) is 4.91 Å². The van der Waals surface area contributed by atoms with Gasteiger partial charge in [0.15, 0.2) is 0 Å². The molecule has 1 saturated heterocycles. The Balaban J connectivity index is 2.07. The van der Waals surface area contributed by atoms with Crippen LogP contribution in [0.1, 0.15) is 12.0 Å². The number of thiocarbonyl (C=S) groups is 1. The van der Waals surface area contributed by atoms with E-state index in [-0.39, 0.29) is 5.91 Å². The van der Waals surface area contributed by atoms with Crippen LogP contribution in [0.2, 0.25) is 0 Å². The van der Waals surface area contributed by atoms with Crippen molar-refractivity contribution >= 4 is 40.3 Å². The summed E-state index contributed by atoms with van der Waals surface area (Å²) < 4.78 is 5.62. The first kappa shape index (κ1) is 14.2. The van der Waals surface area contributed by atoms with Crippen molar-refractivity contribution in [1.82, 2.24) is 4.90 Å². The smallest absolute Gasteiger partial charge is 0.266 e. The molecule has 0 radical (unpaired) electrons. The Bertz CT molecular complexity index is 499. The zero-order valence-electron chi connectivity index (χ0n) is 10.7. The minimum Gasteiger partial charge on any atom is -0.385 e. The number of hydrogen-bond acceptors (Lipinski definition) is 4. The summed E-state index contributed by atoms with van der Waals surface area (Å²) >= 11 is 6.61. The molecule has 1 aromatic rings. The lowest BCUT2D eigenvalue weighted by Gasteiger charge is -2.13. The molecule has 1 amide bonds. The molecule has 0 N–H and O–H groups in total. The molecule has 5 heteroatoms. The van der Waals surface area contributed by atoms with Gasteiger partial charge < -0.3 is 4.74 Å². The van der Waals surface area contributed by atoms with Gasteiger partial charge in [-0.05, 0) is 18.1 Å². The Kier molecular flexibility index (Phi) is 5.13. The molecule has 0 atom stereocenters. The number of thioether (sulfide) groups is 1. The summed E-state index contributed by atoms with van der Waals surface area (Å²) in [4.78, 5) is 14.6. The molecular weight excluding hydrogens is 278 g/mol. The minimum atomic E-state index is -0.00467. The number of hydrogen-bond donors (Lipinski definition) is 0. The normalized spacial score (nSPS) is 17.5. The number of carbonyl (C=O) groups excluding carboxylic acids is 1. The summed E-state index contributed by atoms with van der Waals surface area (Å²) in [5, 5.41) is 0. The maximum absolute atomic E-state index is 12.2. The maximum Gasteiger partial charge on any atom is 0.266 e. The van der Waals surface area contributed by atoms with Gasteiger partial charge in [-0.3, -0.25) is 9.69 Å². The number of nitrogens with zero attached hydrogens (tertiary/aromatic N) is 1. The van der Waals surface area contributed by atoms with Crippen molar-refractivity contribution in [3.63, 3.8) is 0 Å². The van der Waals surface area contributed by atoms with Crippen LogP contribution in [0.5, 0.6) is 0 Å². The summed E-state index contributed by atoms with van der Waals surface area (Å²) in [5.74, 6) is -0.00467. The highest BCUT2D eigenvalue weighted by Crippen LogP contribution is 2.32. The van der Waals surface area contributed by atoms with Crippen LogP contribution in [0, 0.1) is 0 Å². The largest absolute Gasteiger partial charge is 0.385 e. The van der Waals surface area contributed by atoms with E-state index in [1.807, 2.05) is 36.4 Å². The second-order valence-corrected chi connectivity index (χ2v) is 5.77. The van der Waals surface area contributed by atoms with Gasteiger partial charge in [-0.2, -0.15) is 0 Å². The topological polar surface area (TPSA) is 29.5 Å². The third kappa shape index (κ3) is 3.65. The number of rotatable bonds is 5. The molecule has 0 aliphatic carbocycles. The highest BCUT2D eigenvalue weighted by molar-refractivity contribution is 8.26. The van der Waals surface area contributed by atoms with Gasteiger partial charge in [0, 0.05) is 20.3 Å². The van der Waals surface area contributed by atoms with E-state index >= 15 is 0 Å². The predicted octanol–water partition coefficient (Wildman–Crippen LogP) is 2.92. The van der Waals surface area contributed by atoms with Crippen LogP contribution in [0.15, 0.2) is 35.2 Å². The minimum absolute atomic E-state index is 0.00467. The van der Waals surface area contributed by atoms with E-state index < -0.39 is 0 Å². The average molecular weight is 293 g/mol. The van der Waals surface area contributed by atoms with Crippen LogP contribution in [0.3, 0.4) is 0 Å². The lowest BCUT2D eigenvalue weighted by Crippen LogP contribution is -2.29. The molecule has 2 rings (SSSR count). The number of amides is 1.